The molecule has 0 unspecified atom stereocenters. The molecular formula is C11H14FN3O2. The van der Waals surface area contributed by atoms with E-state index in [-0.39, 0.29) is 5.56 Å². The molecule has 1 fully saturated rings. The van der Waals surface area contributed by atoms with E-state index in [0.29, 0.717) is 11.4 Å². The van der Waals surface area contributed by atoms with E-state index in [2.05, 4.69) is 5.32 Å². The van der Waals surface area contributed by atoms with Gasteiger partial charge in [-0.15, -0.1) is 0 Å². The van der Waals surface area contributed by atoms with Gasteiger partial charge in [0.1, 0.15) is 5.82 Å². The summed E-state index contributed by atoms with van der Waals surface area (Å²) in [6.45, 7) is 3.08. The molecule has 1 aliphatic rings. The predicted octanol–water partition coefficient (Wildman–Crippen LogP) is 0.516. The average molecular weight is 239 g/mol. The molecule has 1 aromatic carbocycles. The van der Waals surface area contributed by atoms with E-state index in [1.807, 2.05) is 4.90 Å². The Morgan fingerprint density at radius 1 is 1.41 bits per heavy atom. The Morgan fingerprint density at radius 2 is 2.06 bits per heavy atom. The molecule has 0 saturated carbocycles. The number of nitrogens with two attached hydrogens (primary N) is 1. The van der Waals surface area contributed by atoms with Gasteiger partial charge in [0, 0.05) is 32.2 Å². The van der Waals surface area contributed by atoms with Crippen LogP contribution < -0.4 is 16.0 Å². The van der Waals surface area contributed by atoms with Gasteiger partial charge in [0.2, 0.25) is 0 Å². The van der Waals surface area contributed by atoms with Crippen molar-refractivity contribution < 1.29 is 14.3 Å². The molecule has 2 rings (SSSR count). The topological polar surface area (TPSA) is 78.6 Å². The maximum absolute atomic E-state index is 13.6. The number of carboxylic acid groups (broad SMARTS) is 1. The Hall–Kier alpha value is -1.82. The number of anilines is 2. The van der Waals surface area contributed by atoms with Crippen LogP contribution in [-0.2, 0) is 0 Å². The van der Waals surface area contributed by atoms with Crippen LogP contribution in [0.5, 0.6) is 0 Å². The number of carbonyl (C=O) groups is 1. The van der Waals surface area contributed by atoms with Crippen LogP contribution in [0.15, 0.2) is 12.1 Å². The summed E-state index contributed by atoms with van der Waals surface area (Å²) in [6, 6.07) is 2.37. The second kappa shape index (κ2) is 4.58. The lowest BCUT2D eigenvalue weighted by molar-refractivity contribution is 0.0692. The zero-order chi connectivity index (χ0) is 12.4. The molecule has 0 radical (unpaired) electrons. The van der Waals surface area contributed by atoms with Crippen molar-refractivity contribution in [1.82, 2.24) is 5.32 Å². The van der Waals surface area contributed by atoms with Crippen LogP contribution in [-0.4, -0.2) is 37.3 Å². The molecule has 1 aliphatic heterocycles. The number of nitrogens with one attached hydrogen (secondary N) is 1. The van der Waals surface area contributed by atoms with Crippen molar-refractivity contribution in [3.63, 3.8) is 0 Å². The molecular weight excluding hydrogens is 225 g/mol. The second-order valence-corrected chi connectivity index (χ2v) is 3.93. The molecule has 0 aromatic heterocycles. The summed E-state index contributed by atoms with van der Waals surface area (Å²) in [4.78, 5) is 12.7. The van der Waals surface area contributed by atoms with E-state index in [1.54, 1.807) is 0 Å². The van der Waals surface area contributed by atoms with Gasteiger partial charge < -0.3 is 21.1 Å². The summed E-state index contributed by atoms with van der Waals surface area (Å²) in [5, 5.41) is 11.9. The number of halogens is 1. The number of nitrogens with zero attached hydrogens (tertiary/aromatic N) is 1. The minimum atomic E-state index is -1.30. The number of aromatic carboxylic acids is 1. The quantitative estimate of drug-likeness (QED) is 0.656. The largest absolute Gasteiger partial charge is 0.478 e. The van der Waals surface area contributed by atoms with E-state index in [4.69, 9.17) is 10.8 Å². The average Bonchev–Trinajstić information content (AvgIpc) is 2.32. The molecule has 92 valence electrons. The summed E-state index contributed by atoms with van der Waals surface area (Å²) in [5.74, 6) is -2.05. The second-order valence-electron chi connectivity index (χ2n) is 3.93. The van der Waals surface area contributed by atoms with E-state index >= 15 is 0 Å². The minimum Gasteiger partial charge on any atom is -0.478 e. The molecule has 6 heteroatoms. The van der Waals surface area contributed by atoms with Crippen LogP contribution in [0.3, 0.4) is 0 Å². The van der Waals surface area contributed by atoms with E-state index in [9.17, 15) is 9.18 Å². The maximum Gasteiger partial charge on any atom is 0.338 e. The van der Waals surface area contributed by atoms with Crippen LogP contribution in [0.4, 0.5) is 15.8 Å². The number of carboxylic acids is 1. The lowest BCUT2D eigenvalue weighted by Gasteiger charge is -2.30. The Morgan fingerprint density at radius 3 is 2.65 bits per heavy atom. The van der Waals surface area contributed by atoms with Crippen molar-refractivity contribution in [1.29, 1.82) is 0 Å². The van der Waals surface area contributed by atoms with Crippen LogP contribution in [0.25, 0.3) is 0 Å². The Balaban J connectivity index is 2.35. The molecule has 5 nitrogen and oxygen atoms in total. The van der Waals surface area contributed by atoms with Crippen molar-refractivity contribution in [2.75, 3.05) is 36.8 Å². The van der Waals surface area contributed by atoms with Crippen molar-refractivity contribution in [2.45, 2.75) is 0 Å². The van der Waals surface area contributed by atoms with E-state index < -0.39 is 11.8 Å². The number of hydrogen-bond donors (Lipinski definition) is 3. The first-order valence-electron chi connectivity index (χ1n) is 5.37. The number of hydrogen-bond acceptors (Lipinski definition) is 4. The van der Waals surface area contributed by atoms with Gasteiger partial charge in [-0.3, -0.25) is 0 Å². The van der Waals surface area contributed by atoms with Gasteiger partial charge in [0.25, 0.3) is 0 Å². The molecule has 0 bridgehead atoms. The first-order chi connectivity index (χ1) is 8.09. The molecule has 0 aliphatic carbocycles. The zero-order valence-corrected chi connectivity index (χ0v) is 9.24. The van der Waals surface area contributed by atoms with Crippen molar-refractivity contribution in [3.05, 3.63) is 23.5 Å². The van der Waals surface area contributed by atoms with Gasteiger partial charge in [0.15, 0.2) is 0 Å². The zero-order valence-electron chi connectivity index (χ0n) is 9.24. The molecule has 17 heavy (non-hydrogen) atoms. The molecule has 0 amide bonds. The summed E-state index contributed by atoms with van der Waals surface area (Å²) < 4.78 is 13.6. The minimum absolute atomic E-state index is 0.297. The molecule has 1 heterocycles. The van der Waals surface area contributed by atoms with Crippen LogP contribution >= 0.6 is 0 Å². The summed E-state index contributed by atoms with van der Waals surface area (Å²) in [6.07, 6.45) is 0. The Labute approximate surface area is 98.0 Å². The number of piperazine rings is 1. The monoisotopic (exact) mass is 239 g/mol. The van der Waals surface area contributed by atoms with Crippen molar-refractivity contribution in [2.24, 2.45) is 0 Å². The fourth-order valence-corrected chi connectivity index (χ4v) is 1.92. The summed E-state index contributed by atoms with van der Waals surface area (Å²) >= 11 is 0. The molecule has 0 atom stereocenters. The van der Waals surface area contributed by atoms with Gasteiger partial charge in [0.05, 0.1) is 16.9 Å². The summed E-state index contributed by atoms with van der Waals surface area (Å²) in [5.41, 5.74) is 6.24. The lowest BCUT2D eigenvalue weighted by atomic mass is 10.1. The predicted molar refractivity (Wildman–Crippen MR) is 62.9 cm³/mol. The highest BCUT2D eigenvalue weighted by Gasteiger charge is 2.18. The highest BCUT2D eigenvalue weighted by molar-refractivity contribution is 5.91. The van der Waals surface area contributed by atoms with E-state index in [1.165, 1.54) is 12.1 Å². The molecule has 4 N–H and O–H groups in total. The van der Waals surface area contributed by atoms with Crippen molar-refractivity contribution >= 4 is 17.3 Å². The smallest absolute Gasteiger partial charge is 0.338 e. The highest BCUT2D eigenvalue weighted by Crippen LogP contribution is 2.27. The Bertz CT molecular complexity index is 445. The van der Waals surface area contributed by atoms with Crippen molar-refractivity contribution in [3.8, 4) is 0 Å². The number of benzene rings is 1. The fourth-order valence-electron chi connectivity index (χ4n) is 1.92. The first-order valence-corrected chi connectivity index (χ1v) is 5.37. The number of rotatable bonds is 2. The van der Waals surface area contributed by atoms with Gasteiger partial charge >= 0.3 is 5.97 Å². The third-order valence-corrected chi connectivity index (χ3v) is 2.80. The maximum atomic E-state index is 13.6. The summed E-state index contributed by atoms with van der Waals surface area (Å²) in [7, 11) is 0. The van der Waals surface area contributed by atoms with Gasteiger partial charge in [-0.1, -0.05) is 0 Å². The molecule has 1 saturated heterocycles. The fraction of sp³-hybridized carbons (Fsp3) is 0.364. The SMILES string of the molecule is Nc1cc(C(=O)O)c(F)cc1N1CCNCC1. The third kappa shape index (κ3) is 2.31. The van der Waals surface area contributed by atoms with Gasteiger partial charge in [-0.05, 0) is 6.07 Å². The molecule has 1 aromatic rings. The number of nitrogen functional groups attached to an aromatic ring is 1. The third-order valence-electron chi connectivity index (χ3n) is 2.80. The van der Waals surface area contributed by atoms with Crippen LogP contribution in [0.1, 0.15) is 10.4 Å². The molecule has 0 spiro atoms. The van der Waals surface area contributed by atoms with E-state index in [0.717, 1.165) is 26.2 Å². The van der Waals surface area contributed by atoms with Crippen LogP contribution in [0.2, 0.25) is 0 Å². The Kier molecular flexibility index (Phi) is 3.14. The standard InChI is InChI=1S/C11H14FN3O2/c12-8-6-10(15-3-1-14-2-4-15)9(13)5-7(8)11(16)17/h5-6,14H,1-4,13H2,(H,16,17). The first kappa shape index (κ1) is 11.7. The lowest BCUT2D eigenvalue weighted by Crippen LogP contribution is -2.43. The normalized spacial score (nSPS) is 15.9. The van der Waals surface area contributed by atoms with Crippen LogP contribution in [0, 0.1) is 5.82 Å². The highest BCUT2D eigenvalue weighted by atomic mass is 19.1. The van der Waals surface area contributed by atoms with Gasteiger partial charge in [-0.25, -0.2) is 9.18 Å². The van der Waals surface area contributed by atoms with Gasteiger partial charge in [-0.2, -0.15) is 0 Å².